The molecule has 0 bridgehead atoms. The first-order valence-corrected chi connectivity index (χ1v) is 9.69. The number of thiazole rings is 1. The van der Waals surface area contributed by atoms with Gasteiger partial charge in [-0.3, -0.25) is 9.69 Å². The summed E-state index contributed by atoms with van der Waals surface area (Å²) in [6.07, 6.45) is 1.42. The van der Waals surface area contributed by atoms with E-state index in [-0.39, 0.29) is 5.92 Å². The Morgan fingerprint density at radius 1 is 1.35 bits per heavy atom. The van der Waals surface area contributed by atoms with Gasteiger partial charge in [-0.25, -0.2) is 4.98 Å². The molecule has 2 aromatic rings. The van der Waals surface area contributed by atoms with Crippen LogP contribution in [0.2, 0.25) is 0 Å². The highest BCUT2D eigenvalue weighted by Crippen LogP contribution is 2.34. The number of carboxylic acid groups (broad SMARTS) is 1. The van der Waals surface area contributed by atoms with Gasteiger partial charge in [0.15, 0.2) is 11.5 Å². The number of benzene rings is 1. The second-order valence-corrected chi connectivity index (χ2v) is 7.19. The number of ether oxygens (including phenoxy) is 2. The lowest BCUT2D eigenvalue weighted by Crippen LogP contribution is -2.35. The van der Waals surface area contributed by atoms with Gasteiger partial charge in [-0.2, -0.15) is 0 Å². The summed E-state index contributed by atoms with van der Waals surface area (Å²) in [5.74, 6) is 0.562. The monoisotopic (exact) mass is 376 g/mol. The summed E-state index contributed by atoms with van der Waals surface area (Å²) in [7, 11) is 1.63. The lowest BCUT2D eigenvalue weighted by Gasteiger charge is -2.29. The summed E-state index contributed by atoms with van der Waals surface area (Å²) < 4.78 is 11.0. The maximum Gasteiger partial charge on any atom is 0.306 e. The summed E-state index contributed by atoms with van der Waals surface area (Å²) in [5.41, 5.74) is 2.03. The highest BCUT2D eigenvalue weighted by molar-refractivity contribution is 7.13. The highest BCUT2D eigenvalue weighted by Gasteiger charge is 2.24. The molecule has 6 nitrogen and oxygen atoms in total. The van der Waals surface area contributed by atoms with Crippen LogP contribution >= 0.6 is 11.3 Å². The van der Waals surface area contributed by atoms with Crippen LogP contribution in [0.3, 0.4) is 0 Å². The summed E-state index contributed by atoms with van der Waals surface area (Å²) in [6.45, 7) is 4.91. The number of hydrogen-bond acceptors (Lipinski definition) is 6. The molecule has 7 heteroatoms. The Bertz CT molecular complexity index is 754. The van der Waals surface area contributed by atoms with Crippen LogP contribution in [0.15, 0.2) is 23.6 Å². The first kappa shape index (κ1) is 18.7. The topological polar surface area (TPSA) is 71.9 Å². The molecule has 1 aliphatic rings. The molecule has 1 fully saturated rings. The fourth-order valence-corrected chi connectivity index (χ4v) is 3.96. The number of nitrogens with zero attached hydrogens (tertiary/aromatic N) is 2. The van der Waals surface area contributed by atoms with Crippen LogP contribution in [0, 0.1) is 5.92 Å². The van der Waals surface area contributed by atoms with Crippen molar-refractivity contribution in [3.05, 3.63) is 29.3 Å². The Morgan fingerprint density at radius 3 is 2.77 bits per heavy atom. The molecule has 0 spiro atoms. The lowest BCUT2D eigenvalue weighted by molar-refractivity contribution is -0.143. The number of aromatic nitrogens is 1. The van der Waals surface area contributed by atoms with Crippen molar-refractivity contribution in [2.45, 2.75) is 26.3 Å². The second kappa shape index (κ2) is 8.51. The number of aliphatic carboxylic acids is 1. The fourth-order valence-electron chi connectivity index (χ4n) is 3.15. The zero-order chi connectivity index (χ0) is 18.5. The molecule has 1 aromatic carbocycles. The van der Waals surface area contributed by atoms with Gasteiger partial charge < -0.3 is 14.6 Å². The average Bonchev–Trinajstić information content (AvgIpc) is 3.11. The van der Waals surface area contributed by atoms with Crippen molar-refractivity contribution in [1.29, 1.82) is 0 Å². The molecule has 1 saturated heterocycles. The lowest BCUT2D eigenvalue weighted by atomic mass is 9.97. The van der Waals surface area contributed by atoms with Crippen LogP contribution in [0.1, 0.15) is 25.5 Å². The number of likely N-dealkylation sites (tertiary alicyclic amines) is 1. The quantitative estimate of drug-likeness (QED) is 0.797. The third-order valence-electron chi connectivity index (χ3n) is 4.58. The Labute approximate surface area is 157 Å². The van der Waals surface area contributed by atoms with E-state index in [0.717, 1.165) is 41.6 Å². The van der Waals surface area contributed by atoms with Gasteiger partial charge >= 0.3 is 5.97 Å². The van der Waals surface area contributed by atoms with Gasteiger partial charge in [0.1, 0.15) is 5.01 Å². The van der Waals surface area contributed by atoms with Gasteiger partial charge in [-0.05, 0) is 51.1 Å². The van der Waals surface area contributed by atoms with Crippen molar-refractivity contribution >= 4 is 17.3 Å². The van der Waals surface area contributed by atoms with Gasteiger partial charge in [0, 0.05) is 17.5 Å². The molecule has 0 atom stereocenters. The van der Waals surface area contributed by atoms with E-state index in [4.69, 9.17) is 19.6 Å². The standard InChI is InChI=1S/C19H24N2O4S/c1-3-25-16-5-4-14(10-17(16)24-2)18-20-15(12-26-18)11-21-8-6-13(7-9-21)19(22)23/h4-5,10,12-13H,3,6-9,11H2,1-2H3,(H,22,23). The SMILES string of the molecule is CCOc1ccc(-c2nc(CN3CCC(C(=O)O)CC3)cs2)cc1OC. The molecule has 3 rings (SSSR count). The minimum atomic E-state index is -0.676. The minimum Gasteiger partial charge on any atom is -0.493 e. The number of carbonyl (C=O) groups is 1. The molecule has 1 N–H and O–H groups in total. The molecule has 0 unspecified atom stereocenters. The maximum absolute atomic E-state index is 11.0. The molecule has 0 radical (unpaired) electrons. The molecular weight excluding hydrogens is 352 g/mol. The molecule has 0 amide bonds. The third-order valence-corrected chi connectivity index (χ3v) is 5.52. The van der Waals surface area contributed by atoms with Crippen LogP contribution in [0.25, 0.3) is 10.6 Å². The van der Waals surface area contributed by atoms with Gasteiger partial charge in [0.05, 0.1) is 25.3 Å². The average molecular weight is 376 g/mol. The fraction of sp³-hybridized carbons (Fsp3) is 0.474. The molecule has 140 valence electrons. The predicted molar refractivity (Wildman–Crippen MR) is 101 cm³/mol. The van der Waals surface area contributed by atoms with Gasteiger partial charge in [0.25, 0.3) is 0 Å². The van der Waals surface area contributed by atoms with E-state index in [1.165, 1.54) is 0 Å². The van der Waals surface area contributed by atoms with Crippen LogP contribution in [0.4, 0.5) is 0 Å². The van der Waals surface area contributed by atoms with E-state index in [1.54, 1.807) is 18.4 Å². The van der Waals surface area contributed by atoms with E-state index < -0.39 is 5.97 Å². The second-order valence-electron chi connectivity index (χ2n) is 6.33. The Kier molecular flexibility index (Phi) is 6.11. The summed E-state index contributed by atoms with van der Waals surface area (Å²) in [5, 5.41) is 12.1. The summed E-state index contributed by atoms with van der Waals surface area (Å²) in [4.78, 5) is 18.1. The summed E-state index contributed by atoms with van der Waals surface area (Å²) in [6, 6.07) is 5.86. The van der Waals surface area contributed by atoms with Crippen molar-refractivity contribution in [3.8, 4) is 22.1 Å². The van der Waals surface area contributed by atoms with E-state index in [1.807, 2.05) is 25.1 Å². The number of rotatable bonds is 7. The zero-order valence-electron chi connectivity index (χ0n) is 15.1. The third kappa shape index (κ3) is 4.34. The molecule has 0 aliphatic carbocycles. The minimum absolute atomic E-state index is 0.200. The van der Waals surface area contributed by atoms with Crippen molar-refractivity contribution in [2.24, 2.45) is 5.92 Å². The number of carboxylic acids is 1. The van der Waals surface area contributed by atoms with E-state index in [9.17, 15) is 4.79 Å². The molecule has 2 heterocycles. The van der Waals surface area contributed by atoms with Crippen molar-refractivity contribution in [3.63, 3.8) is 0 Å². The molecular formula is C19H24N2O4S. The zero-order valence-corrected chi connectivity index (χ0v) is 15.9. The summed E-state index contributed by atoms with van der Waals surface area (Å²) >= 11 is 1.61. The van der Waals surface area contributed by atoms with Gasteiger partial charge in [-0.1, -0.05) is 0 Å². The van der Waals surface area contributed by atoms with Crippen LogP contribution in [-0.4, -0.2) is 47.8 Å². The first-order valence-electron chi connectivity index (χ1n) is 8.81. The molecule has 1 aliphatic heterocycles. The first-order chi connectivity index (χ1) is 12.6. The number of methoxy groups -OCH3 is 1. The van der Waals surface area contributed by atoms with Crippen molar-refractivity contribution in [1.82, 2.24) is 9.88 Å². The predicted octanol–water partition coefficient (Wildman–Crippen LogP) is 3.51. The van der Waals surface area contributed by atoms with E-state index in [2.05, 4.69) is 10.3 Å². The Hall–Kier alpha value is -2.12. The van der Waals surface area contributed by atoms with Crippen molar-refractivity contribution < 1.29 is 19.4 Å². The highest BCUT2D eigenvalue weighted by atomic mass is 32.1. The maximum atomic E-state index is 11.0. The Morgan fingerprint density at radius 2 is 2.12 bits per heavy atom. The van der Waals surface area contributed by atoms with Gasteiger partial charge in [-0.15, -0.1) is 11.3 Å². The van der Waals surface area contributed by atoms with Crippen molar-refractivity contribution in [2.75, 3.05) is 26.8 Å². The molecule has 26 heavy (non-hydrogen) atoms. The van der Waals surface area contributed by atoms with E-state index in [0.29, 0.717) is 25.2 Å². The molecule has 1 aromatic heterocycles. The largest absolute Gasteiger partial charge is 0.493 e. The van der Waals surface area contributed by atoms with Gasteiger partial charge in [0.2, 0.25) is 0 Å². The van der Waals surface area contributed by atoms with Crippen LogP contribution in [-0.2, 0) is 11.3 Å². The normalized spacial score (nSPS) is 15.8. The van der Waals surface area contributed by atoms with Crippen LogP contribution in [0.5, 0.6) is 11.5 Å². The van der Waals surface area contributed by atoms with E-state index >= 15 is 0 Å². The van der Waals surface area contributed by atoms with Crippen LogP contribution < -0.4 is 9.47 Å². The number of hydrogen-bond donors (Lipinski definition) is 1. The smallest absolute Gasteiger partial charge is 0.306 e. The molecule has 0 saturated carbocycles. The number of piperidine rings is 1. The Balaban J connectivity index is 1.66.